The fourth-order valence-electron chi connectivity index (χ4n) is 3.17. The van der Waals surface area contributed by atoms with Crippen LogP contribution in [0.25, 0.3) is 0 Å². The van der Waals surface area contributed by atoms with E-state index in [9.17, 15) is 0 Å². The average Bonchev–Trinajstić information content (AvgIpc) is 2.93. The van der Waals surface area contributed by atoms with Crippen LogP contribution < -0.4 is 5.32 Å². The van der Waals surface area contributed by atoms with Gasteiger partial charge in [0, 0.05) is 12.6 Å². The first-order valence-corrected chi connectivity index (χ1v) is 8.39. The quantitative estimate of drug-likeness (QED) is 0.689. The molecule has 1 aliphatic rings. The van der Waals surface area contributed by atoms with E-state index in [1.165, 1.54) is 57.2 Å². The van der Waals surface area contributed by atoms with E-state index >= 15 is 0 Å². The van der Waals surface area contributed by atoms with E-state index in [1.807, 2.05) is 0 Å². The second-order valence-electron chi connectivity index (χ2n) is 5.99. The molecule has 1 heterocycles. The molecule has 112 valence electrons. The Morgan fingerprint density at radius 1 is 1.20 bits per heavy atom. The summed E-state index contributed by atoms with van der Waals surface area (Å²) in [6.45, 7) is 7.09. The Balaban J connectivity index is 1.56. The van der Waals surface area contributed by atoms with Crippen molar-refractivity contribution in [2.45, 2.75) is 58.0 Å². The number of hydrogen-bond donors (Lipinski definition) is 1. The SMILES string of the molecule is CCCCN1CCCC1CCCNCc1ccccc1. The van der Waals surface area contributed by atoms with Crippen LogP contribution in [0.2, 0.25) is 0 Å². The Kier molecular flexibility index (Phi) is 7.10. The number of unbranched alkanes of at least 4 members (excludes halogenated alkanes) is 1. The molecule has 0 aliphatic carbocycles. The first-order chi connectivity index (χ1) is 9.90. The summed E-state index contributed by atoms with van der Waals surface area (Å²) < 4.78 is 0. The summed E-state index contributed by atoms with van der Waals surface area (Å²) in [6.07, 6.45) is 8.18. The lowest BCUT2D eigenvalue weighted by Gasteiger charge is -2.24. The second kappa shape index (κ2) is 9.15. The predicted octanol–water partition coefficient (Wildman–Crippen LogP) is 3.82. The average molecular weight is 274 g/mol. The molecule has 1 unspecified atom stereocenters. The molecule has 1 aromatic carbocycles. The minimum Gasteiger partial charge on any atom is -0.313 e. The Morgan fingerprint density at radius 3 is 2.85 bits per heavy atom. The number of benzene rings is 1. The lowest BCUT2D eigenvalue weighted by Crippen LogP contribution is -2.31. The third kappa shape index (κ3) is 5.26. The molecular formula is C18H30N2. The molecular weight excluding hydrogens is 244 g/mol. The second-order valence-corrected chi connectivity index (χ2v) is 5.99. The predicted molar refractivity (Wildman–Crippen MR) is 86.9 cm³/mol. The molecule has 0 radical (unpaired) electrons. The standard InChI is InChI=1S/C18H30N2/c1-2-3-14-20-15-8-12-18(20)11-7-13-19-16-17-9-5-4-6-10-17/h4-6,9-10,18-19H,2-3,7-8,11-16H2,1H3. The summed E-state index contributed by atoms with van der Waals surface area (Å²) >= 11 is 0. The van der Waals surface area contributed by atoms with Crippen molar-refractivity contribution < 1.29 is 0 Å². The molecule has 1 saturated heterocycles. The molecule has 1 fully saturated rings. The summed E-state index contributed by atoms with van der Waals surface area (Å²) in [5.41, 5.74) is 1.39. The molecule has 20 heavy (non-hydrogen) atoms. The lowest BCUT2D eigenvalue weighted by atomic mass is 10.1. The van der Waals surface area contributed by atoms with Gasteiger partial charge in [-0.1, -0.05) is 43.7 Å². The van der Waals surface area contributed by atoms with Gasteiger partial charge in [-0.25, -0.2) is 0 Å². The van der Waals surface area contributed by atoms with E-state index in [-0.39, 0.29) is 0 Å². The molecule has 0 aromatic heterocycles. The van der Waals surface area contributed by atoms with Crippen molar-refractivity contribution in [2.24, 2.45) is 0 Å². The maximum atomic E-state index is 3.57. The molecule has 1 aromatic rings. The van der Waals surface area contributed by atoms with Crippen LogP contribution in [0.3, 0.4) is 0 Å². The molecule has 1 aliphatic heterocycles. The van der Waals surface area contributed by atoms with E-state index in [0.29, 0.717) is 0 Å². The van der Waals surface area contributed by atoms with Gasteiger partial charge >= 0.3 is 0 Å². The lowest BCUT2D eigenvalue weighted by molar-refractivity contribution is 0.236. The fraction of sp³-hybridized carbons (Fsp3) is 0.667. The Bertz CT molecular complexity index is 350. The smallest absolute Gasteiger partial charge is 0.0205 e. The zero-order valence-corrected chi connectivity index (χ0v) is 13.0. The van der Waals surface area contributed by atoms with Gasteiger partial charge in [-0.05, 0) is 57.3 Å². The minimum atomic E-state index is 0.861. The van der Waals surface area contributed by atoms with Gasteiger partial charge < -0.3 is 10.2 Å². The van der Waals surface area contributed by atoms with Gasteiger partial charge in [0.25, 0.3) is 0 Å². The van der Waals surface area contributed by atoms with Crippen molar-refractivity contribution in [1.82, 2.24) is 10.2 Å². The summed E-state index contributed by atoms with van der Waals surface area (Å²) in [5.74, 6) is 0. The van der Waals surface area contributed by atoms with Gasteiger partial charge in [-0.2, -0.15) is 0 Å². The van der Waals surface area contributed by atoms with Crippen LogP contribution in [0.15, 0.2) is 30.3 Å². The largest absolute Gasteiger partial charge is 0.313 e. The van der Waals surface area contributed by atoms with Gasteiger partial charge in [-0.3, -0.25) is 0 Å². The molecule has 2 rings (SSSR count). The van der Waals surface area contributed by atoms with E-state index in [2.05, 4.69) is 47.5 Å². The first-order valence-electron chi connectivity index (χ1n) is 8.39. The van der Waals surface area contributed by atoms with Crippen molar-refractivity contribution in [2.75, 3.05) is 19.6 Å². The number of likely N-dealkylation sites (tertiary alicyclic amines) is 1. The summed E-state index contributed by atoms with van der Waals surface area (Å²) in [4.78, 5) is 2.72. The molecule has 1 N–H and O–H groups in total. The molecule has 0 saturated carbocycles. The number of nitrogens with zero attached hydrogens (tertiary/aromatic N) is 1. The maximum absolute atomic E-state index is 3.57. The summed E-state index contributed by atoms with van der Waals surface area (Å²) in [7, 11) is 0. The van der Waals surface area contributed by atoms with E-state index in [4.69, 9.17) is 0 Å². The van der Waals surface area contributed by atoms with Crippen LogP contribution in [0.4, 0.5) is 0 Å². The summed E-state index contributed by atoms with van der Waals surface area (Å²) in [6, 6.07) is 11.5. The topological polar surface area (TPSA) is 15.3 Å². The van der Waals surface area contributed by atoms with E-state index in [0.717, 1.165) is 19.1 Å². The monoisotopic (exact) mass is 274 g/mol. The highest BCUT2D eigenvalue weighted by Crippen LogP contribution is 2.21. The van der Waals surface area contributed by atoms with Gasteiger partial charge in [-0.15, -0.1) is 0 Å². The molecule has 2 nitrogen and oxygen atoms in total. The van der Waals surface area contributed by atoms with E-state index < -0.39 is 0 Å². The van der Waals surface area contributed by atoms with Crippen LogP contribution in [0.5, 0.6) is 0 Å². The van der Waals surface area contributed by atoms with Crippen LogP contribution in [-0.2, 0) is 6.54 Å². The van der Waals surface area contributed by atoms with Gasteiger partial charge in [0.05, 0.1) is 0 Å². The summed E-state index contributed by atoms with van der Waals surface area (Å²) in [5, 5.41) is 3.57. The van der Waals surface area contributed by atoms with Crippen molar-refractivity contribution in [3.05, 3.63) is 35.9 Å². The van der Waals surface area contributed by atoms with Crippen molar-refractivity contribution in [3.8, 4) is 0 Å². The van der Waals surface area contributed by atoms with Crippen LogP contribution >= 0.6 is 0 Å². The van der Waals surface area contributed by atoms with Crippen molar-refractivity contribution >= 4 is 0 Å². The minimum absolute atomic E-state index is 0.861. The van der Waals surface area contributed by atoms with Crippen molar-refractivity contribution in [1.29, 1.82) is 0 Å². The Labute approximate surface area is 124 Å². The highest BCUT2D eigenvalue weighted by molar-refractivity contribution is 5.14. The Morgan fingerprint density at radius 2 is 2.05 bits per heavy atom. The number of rotatable bonds is 9. The molecule has 0 spiro atoms. The maximum Gasteiger partial charge on any atom is 0.0205 e. The number of hydrogen-bond acceptors (Lipinski definition) is 2. The van der Waals surface area contributed by atoms with Crippen LogP contribution in [0, 0.1) is 0 Å². The molecule has 0 amide bonds. The van der Waals surface area contributed by atoms with E-state index in [1.54, 1.807) is 0 Å². The first kappa shape index (κ1) is 15.5. The van der Waals surface area contributed by atoms with Gasteiger partial charge in [0.15, 0.2) is 0 Å². The zero-order valence-electron chi connectivity index (χ0n) is 13.0. The van der Waals surface area contributed by atoms with Crippen LogP contribution in [-0.4, -0.2) is 30.6 Å². The normalized spacial score (nSPS) is 19.6. The molecule has 2 heteroatoms. The van der Waals surface area contributed by atoms with Crippen LogP contribution in [0.1, 0.15) is 51.0 Å². The van der Waals surface area contributed by atoms with Gasteiger partial charge in [0.2, 0.25) is 0 Å². The highest BCUT2D eigenvalue weighted by Gasteiger charge is 2.22. The molecule has 0 bridgehead atoms. The third-order valence-corrected chi connectivity index (χ3v) is 4.36. The Hall–Kier alpha value is -0.860. The third-order valence-electron chi connectivity index (χ3n) is 4.36. The van der Waals surface area contributed by atoms with Crippen molar-refractivity contribution in [3.63, 3.8) is 0 Å². The fourth-order valence-corrected chi connectivity index (χ4v) is 3.17. The highest BCUT2D eigenvalue weighted by atomic mass is 15.2. The van der Waals surface area contributed by atoms with Gasteiger partial charge in [0.1, 0.15) is 0 Å². The number of nitrogens with one attached hydrogen (secondary N) is 1. The molecule has 1 atom stereocenters. The zero-order chi connectivity index (χ0) is 14.0.